The molecule has 8 aromatic rings. The summed E-state index contributed by atoms with van der Waals surface area (Å²) >= 11 is 0. The van der Waals surface area contributed by atoms with Gasteiger partial charge >= 0.3 is 0 Å². The molecule has 0 aromatic heterocycles. The van der Waals surface area contributed by atoms with Gasteiger partial charge in [-0.15, -0.1) is 0 Å². The van der Waals surface area contributed by atoms with E-state index in [0.29, 0.717) is 0 Å². The third-order valence-corrected chi connectivity index (χ3v) is 13.1. The molecule has 8 rings (SSSR count). The molecule has 0 amide bonds. The minimum Gasteiger partial charge on any atom is -0.341 e. The normalized spacial score (nSPS) is 11.6. The van der Waals surface area contributed by atoms with E-state index in [4.69, 9.17) is 0 Å². The van der Waals surface area contributed by atoms with Crippen LogP contribution in [0.15, 0.2) is 194 Å². The summed E-state index contributed by atoms with van der Waals surface area (Å²) in [6.07, 6.45) is 0. The third-order valence-electron chi connectivity index (χ3n) is 13.1. The van der Waals surface area contributed by atoms with Crippen molar-refractivity contribution in [2.75, 3.05) is 22.9 Å². The van der Waals surface area contributed by atoms with Crippen LogP contribution in [-0.4, -0.2) is 13.1 Å². The fraction of sp³-hybridized carbons (Fsp3) is 0.213. The highest BCUT2D eigenvalue weighted by atomic mass is 15.1. The van der Waals surface area contributed by atoms with Gasteiger partial charge in [-0.1, -0.05) is 193 Å². The summed E-state index contributed by atoms with van der Waals surface area (Å²) in [6, 6.07) is 72.9. The molecular formula is C61H62N2. The molecule has 8 aromatic carbocycles. The number of hydrogen-bond acceptors (Lipinski definition) is 2. The van der Waals surface area contributed by atoms with Crippen LogP contribution < -0.4 is 9.80 Å². The van der Waals surface area contributed by atoms with E-state index in [9.17, 15) is 0 Å². The smallest absolute Gasteiger partial charge is 0.0411 e. The highest BCUT2D eigenvalue weighted by Gasteiger charge is 2.26. The Morgan fingerprint density at radius 1 is 0.286 bits per heavy atom. The molecule has 0 spiro atoms. The first-order valence-corrected chi connectivity index (χ1v) is 22.6. The highest BCUT2D eigenvalue weighted by Crippen LogP contribution is 2.39. The molecule has 0 aliphatic heterocycles. The van der Waals surface area contributed by atoms with Gasteiger partial charge in [0.15, 0.2) is 0 Å². The van der Waals surface area contributed by atoms with Crippen molar-refractivity contribution in [1.82, 2.24) is 0 Å². The van der Waals surface area contributed by atoms with Gasteiger partial charge in [0, 0.05) is 53.1 Å². The summed E-state index contributed by atoms with van der Waals surface area (Å²) in [5.41, 5.74) is 20.0. The van der Waals surface area contributed by atoms with Crippen LogP contribution in [0.3, 0.4) is 0 Å². The van der Waals surface area contributed by atoms with Crippen LogP contribution in [-0.2, 0) is 5.41 Å². The first-order chi connectivity index (χ1) is 30.4. The fourth-order valence-corrected chi connectivity index (χ4v) is 8.82. The Labute approximate surface area is 377 Å². The molecule has 63 heavy (non-hydrogen) atoms. The third kappa shape index (κ3) is 10.0. The monoisotopic (exact) mass is 822 g/mol. The Morgan fingerprint density at radius 3 is 0.698 bits per heavy atom. The average Bonchev–Trinajstić information content (AvgIpc) is 3.30. The fourth-order valence-electron chi connectivity index (χ4n) is 8.82. The lowest BCUT2D eigenvalue weighted by atomic mass is 9.78. The van der Waals surface area contributed by atoms with Crippen molar-refractivity contribution in [3.8, 4) is 0 Å². The average molecular weight is 823 g/mol. The molecule has 2 nitrogen and oxygen atoms in total. The summed E-state index contributed by atoms with van der Waals surface area (Å²) in [5.74, 6) is 0.372. The zero-order valence-corrected chi connectivity index (χ0v) is 38.4. The number of hydrogen-bond donors (Lipinski definition) is 0. The van der Waals surface area contributed by atoms with Crippen LogP contribution in [0.1, 0.15) is 92.4 Å². The molecule has 0 bridgehead atoms. The lowest BCUT2D eigenvalue weighted by Crippen LogP contribution is -2.26. The van der Waals surface area contributed by atoms with Crippen molar-refractivity contribution in [2.45, 2.75) is 72.6 Å². The van der Waals surface area contributed by atoms with Gasteiger partial charge in [-0.25, -0.2) is 0 Å². The lowest BCUT2D eigenvalue weighted by Gasteiger charge is -2.33. The van der Waals surface area contributed by atoms with Gasteiger partial charge < -0.3 is 9.80 Å². The van der Waals surface area contributed by atoms with Crippen LogP contribution in [0.4, 0.5) is 22.7 Å². The zero-order valence-electron chi connectivity index (χ0n) is 38.4. The van der Waals surface area contributed by atoms with Gasteiger partial charge in [-0.3, -0.25) is 0 Å². The number of anilines is 4. The maximum atomic E-state index is 2.50. The van der Waals surface area contributed by atoms with Crippen LogP contribution in [0, 0.1) is 41.5 Å². The van der Waals surface area contributed by atoms with Crippen LogP contribution in [0.25, 0.3) is 0 Å². The van der Waals surface area contributed by atoms with Gasteiger partial charge in [0.1, 0.15) is 0 Å². The topological polar surface area (TPSA) is 6.48 Å². The van der Waals surface area contributed by atoms with Crippen molar-refractivity contribution >= 4 is 22.7 Å². The number of rotatable bonds is 14. The largest absolute Gasteiger partial charge is 0.341 e. The van der Waals surface area contributed by atoms with E-state index in [0.717, 1.165) is 13.1 Å². The maximum absolute atomic E-state index is 2.50. The second-order valence-corrected chi connectivity index (χ2v) is 18.4. The first kappa shape index (κ1) is 43.0. The molecule has 0 atom stereocenters. The Kier molecular flexibility index (Phi) is 12.8. The number of benzene rings is 8. The summed E-state index contributed by atoms with van der Waals surface area (Å²) < 4.78 is 0. The van der Waals surface area contributed by atoms with Crippen molar-refractivity contribution in [2.24, 2.45) is 0 Å². The van der Waals surface area contributed by atoms with Gasteiger partial charge in [0.25, 0.3) is 0 Å². The van der Waals surface area contributed by atoms with Gasteiger partial charge in [-0.05, 0) is 123 Å². The minimum absolute atomic E-state index is 0.186. The van der Waals surface area contributed by atoms with Gasteiger partial charge in [0.2, 0.25) is 0 Å². The standard InChI is InChI=1S/C61H62N2/c1-43-9-21-49(22-10-43)59(50-23-11-44(2)12-24-50)41-62(55-33-17-47(5)18-34-55)57-37-29-53(30-38-57)61(7,8)54-31-39-58(40-32-54)63(56-35-19-48(6)20-36-56)42-60(51-25-13-45(3)14-26-51)52-27-15-46(4)16-28-52/h9-40,59-60H,41-42H2,1-8H3. The van der Waals surface area contributed by atoms with E-state index in [2.05, 4.69) is 259 Å². The molecule has 0 N–H and O–H groups in total. The number of nitrogens with zero attached hydrogens (tertiary/aromatic N) is 2. The van der Waals surface area contributed by atoms with Gasteiger partial charge in [0.05, 0.1) is 0 Å². The second-order valence-electron chi connectivity index (χ2n) is 18.4. The molecule has 0 unspecified atom stereocenters. The predicted molar refractivity (Wildman–Crippen MR) is 270 cm³/mol. The van der Waals surface area contributed by atoms with Crippen molar-refractivity contribution in [3.63, 3.8) is 0 Å². The van der Waals surface area contributed by atoms with E-state index >= 15 is 0 Å². The van der Waals surface area contributed by atoms with Crippen LogP contribution >= 0.6 is 0 Å². The molecule has 0 fully saturated rings. The van der Waals surface area contributed by atoms with Crippen LogP contribution in [0.5, 0.6) is 0 Å². The first-order valence-electron chi connectivity index (χ1n) is 22.6. The minimum atomic E-state index is -0.223. The molecule has 0 radical (unpaired) electrons. The van der Waals surface area contributed by atoms with E-state index in [1.807, 2.05) is 0 Å². The SMILES string of the molecule is Cc1ccc(C(CN(c2ccc(C)cc2)c2ccc(C(C)(C)c3ccc(N(CC(c4ccc(C)cc4)c4ccc(C)cc4)c4ccc(C)cc4)cc3)cc2)c2ccc(C)cc2)cc1. The molecular weight excluding hydrogens is 761 g/mol. The molecule has 2 heteroatoms. The Hall–Kier alpha value is -6.64. The summed E-state index contributed by atoms with van der Waals surface area (Å²) in [4.78, 5) is 4.99. The van der Waals surface area contributed by atoms with Crippen molar-refractivity contribution in [3.05, 3.63) is 261 Å². The van der Waals surface area contributed by atoms with Gasteiger partial charge in [-0.2, -0.15) is 0 Å². The molecule has 0 saturated heterocycles. The second kappa shape index (κ2) is 18.8. The molecule has 316 valence electrons. The van der Waals surface area contributed by atoms with Crippen molar-refractivity contribution in [1.29, 1.82) is 0 Å². The van der Waals surface area contributed by atoms with E-state index in [1.54, 1.807) is 0 Å². The highest BCUT2D eigenvalue weighted by molar-refractivity contribution is 5.67. The molecule has 0 aliphatic rings. The Balaban J connectivity index is 1.10. The van der Waals surface area contributed by atoms with Crippen molar-refractivity contribution < 1.29 is 0 Å². The summed E-state index contributed by atoms with van der Waals surface area (Å²) in [5, 5.41) is 0. The van der Waals surface area contributed by atoms with E-state index in [-0.39, 0.29) is 17.3 Å². The predicted octanol–water partition coefficient (Wildman–Crippen LogP) is 15.8. The number of aryl methyl sites for hydroxylation is 6. The summed E-state index contributed by atoms with van der Waals surface area (Å²) in [6.45, 7) is 19.3. The van der Waals surface area contributed by atoms with E-state index < -0.39 is 0 Å². The zero-order chi connectivity index (χ0) is 44.1. The lowest BCUT2D eigenvalue weighted by molar-refractivity contribution is 0.640. The Bertz CT molecular complexity index is 2410. The molecule has 0 saturated carbocycles. The maximum Gasteiger partial charge on any atom is 0.0411 e. The van der Waals surface area contributed by atoms with E-state index in [1.165, 1.54) is 89.5 Å². The molecule has 0 heterocycles. The van der Waals surface area contributed by atoms with Crippen LogP contribution in [0.2, 0.25) is 0 Å². The summed E-state index contributed by atoms with van der Waals surface area (Å²) in [7, 11) is 0. The Morgan fingerprint density at radius 2 is 0.476 bits per heavy atom. The molecule has 0 aliphatic carbocycles. The quantitative estimate of drug-likeness (QED) is 0.108.